The average molecular weight is 304 g/mol. The Kier molecular flexibility index (Phi) is 5.96. The van der Waals surface area contributed by atoms with Crippen molar-refractivity contribution in [2.75, 3.05) is 32.0 Å². The number of ether oxygens (including phenoxy) is 1. The molecule has 3 nitrogen and oxygen atoms in total. The van der Waals surface area contributed by atoms with Gasteiger partial charge in [-0.3, -0.25) is 0 Å². The van der Waals surface area contributed by atoms with Crippen LogP contribution in [0.1, 0.15) is 32.3 Å². The Bertz CT molecular complexity index is 479. The lowest BCUT2D eigenvalue weighted by atomic mass is 10.1. The van der Waals surface area contributed by atoms with E-state index in [-0.39, 0.29) is 0 Å². The van der Waals surface area contributed by atoms with Crippen LogP contribution in [0.5, 0.6) is 5.75 Å². The minimum absolute atomic E-state index is 0.424. The van der Waals surface area contributed by atoms with Gasteiger partial charge >= 0.3 is 0 Å². The number of hydrogen-bond acceptors (Lipinski definition) is 4. The van der Waals surface area contributed by atoms with Crippen LogP contribution in [0.2, 0.25) is 0 Å². The Morgan fingerprint density at radius 1 is 1.29 bits per heavy atom. The zero-order valence-electron chi connectivity index (χ0n) is 13.0. The molecule has 1 aromatic rings. The third kappa shape index (κ3) is 5.61. The molecule has 4 heteroatoms. The molecular formula is C17H24N2OS. The molecule has 0 saturated carbocycles. The maximum absolute atomic E-state index is 8.75. The molecule has 1 aliphatic heterocycles. The zero-order valence-corrected chi connectivity index (χ0v) is 13.8. The summed E-state index contributed by atoms with van der Waals surface area (Å²) in [5.74, 6) is 2.07. The van der Waals surface area contributed by atoms with Crippen LogP contribution in [0.4, 0.5) is 0 Å². The monoisotopic (exact) mass is 304 g/mol. The normalized spacial score (nSPS) is 18.7. The predicted molar refractivity (Wildman–Crippen MR) is 88.9 cm³/mol. The molecule has 1 heterocycles. The van der Waals surface area contributed by atoms with E-state index in [4.69, 9.17) is 10.00 Å². The van der Waals surface area contributed by atoms with E-state index < -0.39 is 0 Å². The van der Waals surface area contributed by atoms with Crippen LogP contribution in [-0.2, 0) is 0 Å². The maximum Gasteiger partial charge on any atom is 0.119 e. The second-order valence-corrected chi connectivity index (χ2v) is 7.84. The highest BCUT2D eigenvalue weighted by atomic mass is 32.2. The largest absolute Gasteiger partial charge is 0.494 e. The number of hydrogen-bond donors (Lipinski definition) is 0. The van der Waals surface area contributed by atoms with Gasteiger partial charge in [-0.05, 0) is 43.7 Å². The SMILES string of the molecule is CC1(C)CCN(CCCOc2ccc(C#N)cc2)CCS1. The molecule has 1 fully saturated rings. The summed E-state index contributed by atoms with van der Waals surface area (Å²) in [6, 6.07) is 9.43. The standard InChI is InChI=1S/C17H24N2OS/c1-17(2)8-10-19(11-13-21-17)9-3-12-20-16-6-4-15(14-18)5-7-16/h4-7H,3,8-13H2,1-2H3. The van der Waals surface area contributed by atoms with Crippen molar-refractivity contribution in [3.05, 3.63) is 29.8 Å². The molecular weight excluding hydrogens is 280 g/mol. The Labute approximate surface area is 132 Å². The third-order valence-corrected chi connectivity index (χ3v) is 5.17. The van der Waals surface area contributed by atoms with Gasteiger partial charge in [0, 0.05) is 23.6 Å². The van der Waals surface area contributed by atoms with Gasteiger partial charge in [-0.15, -0.1) is 0 Å². The van der Waals surface area contributed by atoms with Crippen LogP contribution in [0.3, 0.4) is 0 Å². The molecule has 0 atom stereocenters. The van der Waals surface area contributed by atoms with Crippen LogP contribution < -0.4 is 4.74 Å². The highest BCUT2D eigenvalue weighted by molar-refractivity contribution is 8.00. The first-order chi connectivity index (χ1) is 10.1. The summed E-state index contributed by atoms with van der Waals surface area (Å²) in [5, 5.41) is 8.75. The molecule has 0 bridgehead atoms. The van der Waals surface area contributed by atoms with E-state index in [0.29, 0.717) is 10.3 Å². The quantitative estimate of drug-likeness (QED) is 0.780. The van der Waals surface area contributed by atoms with E-state index in [2.05, 4.69) is 36.6 Å². The molecule has 114 valence electrons. The number of nitriles is 1. The van der Waals surface area contributed by atoms with Crippen LogP contribution in [0.25, 0.3) is 0 Å². The minimum atomic E-state index is 0.424. The van der Waals surface area contributed by atoms with Gasteiger partial charge in [0.15, 0.2) is 0 Å². The van der Waals surface area contributed by atoms with Crippen molar-refractivity contribution in [1.29, 1.82) is 5.26 Å². The van der Waals surface area contributed by atoms with Crippen molar-refractivity contribution >= 4 is 11.8 Å². The topological polar surface area (TPSA) is 36.3 Å². The molecule has 0 aromatic heterocycles. The summed E-state index contributed by atoms with van der Waals surface area (Å²) in [6.07, 6.45) is 2.30. The molecule has 0 amide bonds. The molecule has 0 radical (unpaired) electrons. The van der Waals surface area contributed by atoms with Gasteiger partial charge in [0.1, 0.15) is 5.75 Å². The minimum Gasteiger partial charge on any atom is -0.494 e. The molecule has 0 spiro atoms. The van der Waals surface area contributed by atoms with Crippen molar-refractivity contribution in [3.63, 3.8) is 0 Å². The second kappa shape index (κ2) is 7.72. The van der Waals surface area contributed by atoms with Gasteiger partial charge in [-0.25, -0.2) is 0 Å². The fourth-order valence-electron chi connectivity index (χ4n) is 2.39. The van der Waals surface area contributed by atoms with E-state index in [1.807, 2.05) is 12.1 Å². The average Bonchev–Trinajstić information content (AvgIpc) is 2.65. The number of thioether (sulfide) groups is 1. The number of rotatable bonds is 5. The summed E-state index contributed by atoms with van der Waals surface area (Å²) >= 11 is 2.09. The first-order valence-electron chi connectivity index (χ1n) is 7.58. The smallest absolute Gasteiger partial charge is 0.119 e. The molecule has 0 aliphatic carbocycles. The second-order valence-electron chi connectivity index (χ2n) is 6.04. The van der Waals surface area contributed by atoms with E-state index in [9.17, 15) is 0 Å². The van der Waals surface area contributed by atoms with Gasteiger partial charge in [-0.2, -0.15) is 17.0 Å². The third-order valence-electron chi connectivity index (χ3n) is 3.80. The highest BCUT2D eigenvalue weighted by Gasteiger charge is 2.23. The molecule has 1 saturated heterocycles. The van der Waals surface area contributed by atoms with Crippen molar-refractivity contribution < 1.29 is 4.74 Å². The van der Waals surface area contributed by atoms with Crippen LogP contribution >= 0.6 is 11.8 Å². The lowest BCUT2D eigenvalue weighted by Crippen LogP contribution is -2.29. The van der Waals surface area contributed by atoms with Gasteiger partial charge in [0.2, 0.25) is 0 Å². The van der Waals surface area contributed by atoms with Gasteiger partial charge in [-0.1, -0.05) is 13.8 Å². The summed E-state index contributed by atoms with van der Waals surface area (Å²) in [6.45, 7) is 8.90. The molecule has 21 heavy (non-hydrogen) atoms. The van der Waals surface area contributed by atoms with Crippen molar-refractivity contribution in [2.24, 2.45) is 0 Å². The summed E-state index contributed by atoms with van der Waals surface area (Å²) in [7, 11) is 0. The van der Waals surface area contributed by atoms with E-state index >= 15 is 0 Å². The first-order valence-corrected chi connectivity index (χ1v) is 8.57. The Hall–Kier alpha value is -1.18. The number of benzene rings is 1. The molecule has 1 aliphatic rings. The Balaban J connectivity index is 1.66. The summed E-state index contributed by atoms with van der Waals surface area (Å²) in [5.41, 5.74) is 0.673. The maximum atomic E-state index is 8.75. The molecule has 0 N–H and O–H groups in total. The predicted octanol–water partition coefficient (Wildman–Crippen LogP) is 3.54. The van der Waals surface area contributed by atoms with E-state index in [1.54, 1.807) is 12.1 Å². The van der Waals surface area contributed by atoms with Gasteiger partial charge < -0.3 is 9.64 Å². The fourth-order valence-corrected chi connectivity index (χ4v) is 3.53. The van der Waals surface area contributed by atoms with E-state index in [0.717, 1.165) is 25.3 Å². The van der Waals surface area contributed by atoms with Crippen LogP contribution in [0.15, 0.2) is 24.3 Å². The lowest BCUT2D eigenvalue weighted by molar-refractivity contribution is 0.240. The lowest BCUT2D eigenvalue weighted by Gasteiger charge is -2.22. The van der Waals surface area contributed by atoms with E-state index in [1.165, 1.54) is 25.3 Å². The molecule has 2 rings (SSSR count). The van der Waals surface area contributed by atoms with Gasteiger partial charge in [0.05, 0.1) is 18.2 Å². The molecule has 0 unspecified atom stereocenters. The van der Waals surface area contributed by atoms with Crippen molar-refractivity contribution in [3.8, 4) is 11.8 Å². The summed E-state index contributed by atoms with van der Waals surface area (Å²) < 4.78 is 6.15. The number of nitrogens with zero attached hydrogens (tertiary/aromatic N) is 2. The van der Waals surface area contributed by atoms with Crippen LogP contribution in [0, 0.1) is 11.3 Å². The molecule has 1 aromatic carbocycles. The zero-order chi connectivity index (χ0) is 15.1. The Morgan fingerprint density at radius 3 is 2.76 bits per heavy atom. The first kappa shape index (κ1) is 16.2. The van der Waals surface area contributed by atoms with Crippen molar-refractivity contribution in [2.45, 2.75) is 31.4 Å². The Morgan fingerprint density at radius 2 is 2.05 bits per heavy atom. The van der Waals surface area contributed by atoms with Gasteiger partial charge in [0.25, 0.3) is 0 Å². The van der Waals surface area contributed by atoms with Crippen molar-refractivity contribution in [1.82, 2.24) is 4.90 Å². The van der Waals surface area contributed by atoms with Crippen LogP contribution in [-0.4, -0.2) is 41.6 Å². The highest BCUT2D eigenvalue weighted by Crippen LogP contribution is 2.30. The fraction of sp³-hybridized carbons (Fsp3) is 0.588. The summed E-state index contributed by atoms with van der Waals surface area (Å²) in [4.78, 5) is 2.55.